The van der Waals surface area contributed by atoms with E-state index >= 15 is 0 Å². The fourth-order valence-electron chi connectivity index (χ4n) is 4.05. The molecule has 0 spiro atoms. The highest BCUT2D eigenvalue weighted by Crippen LogP contribution is 2.33. The van der Waals surface area contributed by atoms with Crippen LogP contribution >= 0.6 is 0 Å². The lowest BCUT2D eigenvalue weighted by atomic mass is 9.91. The Bertz CT molecular complexity index is 1100. The molecule has 4 rings (SSSR count). The van der Waals surface area contributed by atoms with E-state index in [4.69, 9.17) is 20.2 Å². The molecule has 1 unspecified atom stereocenters. The zero-order valence-corrected chi connectivity index (χ0v) is 19.2. The van der Waals surface area contributed by atoms with Crippen LogP contribution in [0, 0.1) is 0 Å². The second kappa shape index (κ2) is 10.4. The van der Waals surface area contributed by atoms with Crippen molar-refractivity contribution in [1.82, 2.24) is 10.3 Å². The first-order chi connectivity index (χ1) is 16.1. The van der Waals surface area contributed by atoms with Crippen molar-refractivity contribution in [3.05, 3.63) is 83.6 Å². The molecule has 1 atom stereocenters. The first kappa shape index (κ1) is 22.6. The molecule has 1 aliphatic rings. The summed E-state index contributed by atoms with van der Waals surface area (Å²) in [4.78, 5) is 9.24. The molecule has 0 radical (unpaired) electrons. The summed E-state index contributed by atoms with van der Waals surface area (Å²) in [6, 6.07) is 20.2. The Morgan fingerprint density at radius 3 is 2.67 bits per heavy atom. The zero-order chi connectivity index (χ0) is 23.1. The van der Waals surface area contributed by atoms with Gasteiger partial charge in [-0.15, -0.1) is 0 Å². The van der Waals surface area contributed by atoms with Gasteiger partial charge in [0.1, 0.15) is 11.5 Å². The largest absolute Gasteiger partial charge is 0.493 e. The number of anilines is 1. The van der Waals surface area contributed by atoms with Gasteiger partial charge in [-0.1, -0.05) is 42.5 Å². The monoisotopic (exact) mass is 445 g/mol. The molecule has 4 N–H and O–H groups in total. The molecule has 2 heterocycles. The number of hydrogen-bond acceptors (Lipinski definition) is 5. The smallest absolute Gasteiger partial charge is 0.198 e. The van der Waals surface area contributed by atoms with Gasteiger partial charge < -0.3 is 25.8 Å². The maximum Gasteiger partial charge on any atom is 0.198 e. The van der Waals surface area contributed by atoms with Crippen LogP contribution in [0.3, 0.4) is 0 Å². The van der Waals surface area contributed by atoms with Crippen molar-refractivity contribution in [2.45, 2.75) is 31.8 Å². The molecule has 2 aromatic carbocycles. The number of fused-ring (bicyclic) bond motifs is 1. The summed E-state index contributed by atoms with van der Waals surface area (Å²) in [5.74, 6) is 2.76. The Hall–Kier alpha value is -3.58. The van der Waals surface area contributed by atoms with Crippen LogP contribution in [0.25, 0.3) is 0 Å². The molecular weight excluding hydrogens is 414 g/mol. The Balaban J connectivity index is 1.53. The summed E-state index contributed by atoms with van der Waals surface area (Å²) >= 11 is 0. The number of benzene rings is 2. The lowest BCUT2D eigenvalue weighted by Gasteiger charge is -2.38. The number of nitrogens with zero attached hydrogens (tertiary/aromatic N) is 2. The molecule has 3 aromatic rings. The Morgan fingerprint density at radius 2 is 1.88 bits per heavy atom. The summed E-state index contributed by atoms with van der Waals surface area (Å²) in [5.41, 5.74) is 9.29. The number of guanidine groups is 1. The van der Waals surface area contributed by atoms with E-state index in [1.54, 1.807) is 13.3 Å². The minimum absolute atomic E-state index is 0.528. The standard InChI is InChI=1S/C26H31N5O2/c1-3-33-23-17-20(13-14-22(23)32-2)18-26(27)21-12-8-15-28-24(21)30-25(31-26)29-16-7-11-19-9-5-4-6-10-19/h4-6,8-10,12-15,17H,3,7,11,16,18,27H2,1-2H3,(H2,28,29,30,31). The Kier molecular flexibility index (Phi) is 7.10. The third-order valence-electron chi connectivity index (χ3n) is 5.61. The highest BCUT2D eigenvalue weighted by molar-refractivity contribution is 5.96. The number of aryl methyl sites for hydroxylation is 1. The number of nitrogens with two attached hydrogens (primary N) is 1. The van der Waals surface area contributed by atoms with Crippen molar-refractivity contribution in [2.75, 3.05) is 25.6 Å². The van der Waals surface area contributed by atoms with Gasteiger partial charge in [-0.25, -0.2) is 4.98 Å². The lowest BCUT2D eigenvalue weighted by molar-refractivity contribution is 0.310. The fourth-order valence-corrected chi connectivity index (χ4v) is 4.05. The van der Waals surface area contributed by atoms with Crippen LogP contribution in [-0.2, 0) is 18.5 Å². The minimum Gasteiger partial charge on any atom is -0.493 e. The number of ether oxygens (including phenoxy) is 2. The van der Waals surface area contributed by atoms with Crippen LogP contribution in [0.1, 0.15) is 30.0 Å². The second-order valence-electron chi connectivity index (χ2n) is 8.04. The molecule has 0 amide bonds. The third-order valence-corrected chi connectivity index (χ3v) is 5.61. The van der Waals surface area contributed by atoms with Crippen LogP contribution in [0.2, 0.25) is 0 Å². The highest BCUT2D eigenvalue weighted by atomic mass is 16.5. The fraction of sp³-hybridized carbons (Fsp3) is 0.308. The summed E-state index contributed by atoms with van der Waals surface area (Å²) in [6.07, 6.45) is 4.21. The molecule has 0 saturated heterocycles. The lowest BCUT2D eigenvalue weighted by Crippen LogP contribution is -2.59. The summed E-state index contributed by atoms with van der Waals surface area (Å²) < 4.78 is 11.2. The van der Waals surface area contributed by atoms with Gasteiger partial charge in [-0.3, -0.25) is 4.99 Å². The van der Waals surface area contributed by atoms with E-state index in [-0.39, 0.29) is 0 Å². The van der Waals surface area contributed by atoms with Crippen LogP contribution < -0.4 is 25.8 Å². The van der Waals surface area contributed by atoms with Gasteiger partial charge in [-0.05, 0) is 49.1 Å². The van der Waals surface area contributed by atoms with Gasteiger partial charge in [0.25, 0.3) is 0 Å². The Morgan fingerprint density at radius 1 is 1.03 bits per heavy atom. The summed E-state index contributed by atoms with van der Waals surface area (Å²) in [6.45, 7) is 3.19. The van der Waals surface area contributed by atoms with Crippen molar-refractivity contribution in [3.8, 4) is 11.5 Å². The molecule has 0 bridgehead atoms. The minimum atomic E-state index is -0.870. The van der Waals surface area contributed by atoms with Crippen molar-refractivity contribution >= 4 is 11.8 Å². The predicted octanol–water partition coefficient (Wildman–Crippen LogP) is 3.85. The molecule has 1 aliphatic heterocycles. The SMILES string of the molecule is CCOc1cc(CC2(N)NC(=NCCCc3ccccc3)Nc3ncccc32)ccc1OC. The van der Waals surface area contributed by atoms with Crippen molar-refractivity contribution in [2.24, 2.45) is 10.7 Å². The molecule has 33 heavy (non-hydrogen) atoms. The van der Waals surface area contributed by atoms with Crippen LogP contribution in [0.15, 0.2) is 71.9 Å². The number of aromatic nitrogens is 1. The van der Waals surface area contributed by atoms with E-state index in [9.17, 15) is 0 Å². The number of aliphatic imine (C=N–C) groups is 1. The zero-order valence-electron chi connectivity index (χ0n) is 19.2. The molecule has 7 nitrogen and oxygen atoms in total. The number of hydrogen-bond donors (Lipinski definition) is 3. The normalized spacial score (nSPS) is 18.2. The van der Waals surface area contributed by atoms with Gasteiger partial charge in [0.2, 0.25) is 0 Å². The van der Waals surface area contributed by atoms with Crippen LogP contribution in [0.4, 0.5) is 5.82 Å². The number of pyridine rings is 1. The predicted molar refractivity (Wildman–Crippen MR) is 132 cm³/mol. The molecular formula is C26H31N5O2. The van der Waals surface area contributed by atoms with Crippen molar-refractivity contribution < 1.29 is 9.47 Å². The van der Waals surface area contributed by atoms with E-state index in [2.05, 4.69) is 39.9 Å². The third kappa shape index (κ3) is 5.43. The highest BCUT2D eigenvalue weighted by Gasteiger charge is 2.36. The van der Waals surface area contributed by atoms with E-state index in [1.807, 2.05) is 43.3 Å². The van der Waals surface area contributed by atoms with Crippen LogP contribution in [-0.4, -0.2) is 31.2 Å². The maximum absolute atomic E-state index is 6.94. The molecule has 172 valence electrons. The second-order valence-corrected chi connectivity index (χ2v) is 8.04. The van der Waals surface area contributed by atoms with E-state index in [0.29, 0.717) is 37.0 Å². The molecule has 7 heteroatoms. The van der Waals surface area contributed by atoms with Gasteiger partial charge in [0, 0.05) is 24.7 Å². The number of methoxy groups -OCH3 is 1. The topological polar surface area (TPSA) is 93.8 Å². The van der Waals surface area contributed by atoms with Crippen molar-refractivity contribution in [3.63, 3.8) is 0 Å². The average molecular weight is 446 g/mol. The van der Waals surface area contributed by atoms with Crippen LogP contribution in [0.5, 0.6) is 11.5 Å². The number of rotatable bonds is 9. The van der Waals surface area contributed by atoms with E-state index < -0.39 is 5.66 Å². The maximum atomic E-state index is 6.94. The molecule has 0 saturated carbocycles. The van der Waals surface area contributed by atoms with Crippen molar-refractivity contribution in [1.29, 1.82) is 0 Å². The quantitative estimate of drug-likeness (QED) is 0.433. The number of nitrogens with one attached hydrogen (secondary N) is 2. The van der Waals surface area contributed by atoms with E-state index in [1.165, 1.54) is 5.56 Å². The average Bonchev–Trinajstić information content (AvgIpc) is 2.83. The molecule has 0 aliphatic carbocycles. The molecule has 0 fully saturated rings. The van der Waals surface area contributed by atoms with Gasteiger partial charge in [0.15, 0.2) is 17.5 Å². The Labute approximate surface area is 195 Å². The first-order valence-corrected chi connectivity index (χ1v) is 11.3. The first-order valence-electron chi connectivity index (χ1n) is 11.3. The van der Waals surface area contributed by atoms with Gasteiger partial charge >= 0.3 is 0 Å². The summed E-state index contributed by atoms with van der Waals surface area (Å²) in [5, 5.41) is 6.71. The van der Waals surface area contributed by atoms with Gasteiger partial charge in [-0.2, -0.15) is 0 Å². The van der Waals surface area contributed by atoms with Gasteiger partial charge in [0.05, 0.1) is 13.7 Å². The summed E-state index contributed by atoms with van der Waals surface area (Å²) in [7, 11) is 1.64. The van der Waals surface area contributed by atoms with E-state index in [0.717, 1.165) is 29.8 Å². The molecule has 1 aromatic heterocycles.